The Bertz CT molecular complexity index is 3520. The molecule has 0 fully saturated rings. The van der Waals surface area contributed by atoms with Crippen molar-refractivity contribution in [3.8, 4) is 44.5 Å². The van der Waals surface area contributed by atoms with E-state index < -0.39 is 0 Å². The van der Waals surface area contributed by atoms with Crippen LogP contribution in [-0.2, 0) is 10.8 Å². The molecule has 2 aromatic heterocycles. The maximum atomic E-state index is 6.30. The van der Waals surface area contributed by atoms with Gasteiger partial charge in [-0.1, -0.05) is 137 Å². The highest BCUT2D eigenvalue weighted by Gasteiger charge is 2.43. The van der Waals surface area contributed by atoms with Crippen molar-refractivity contribution in [2.75, 3.05) is 4.90 Å². The zero-order valence-electron chi connectivity index (χ0n) is 35.7. The lowest BCUT2D eigenvalue weighted by molar-refractivity contribution is 0.652. The summed E-state index contributed by atoms with van der Waals surface area (Å²) in [5.41, 5.74) is 22.1. The number of anilines is 3. The van der Waals surface area contributed by atoms with Gasteiger partial charge in [-0.2, -0.15) is 0 Å². The molecule has 0 unspecified atom stereocenters. The Morgan fingerprint density at radius 2 is 0.794 bits per heavy atom. The van der Waals surface area contributed by atoms with Crippen LogP contribution in [0.2, 0.25) is 0 Å². The fraction of sp³-hybridized carbons (Fsp3) is 0.100. The summed E-state index contributed by atoms with van der Waals surface area (Å²) >= 11 is 0. The number of para-hydroxylation sites is 2. The van der Waals surface area contributed by atoms with Crippen LogP contribution in [-0.4, -0.2) is 0 Å². The number of fused-ring (bicyclic) bond motifs is 12. The summed E-state index contributed by atoms with van der Waals surface area (Å²) in [5, 5.41) is 4.56. The molecule has 0 atom stereocenters. The summed E-state index contributed by atoms with van der Waals surface area (Å²) in [6.07, 6.45) is 0. The molecule has 0 amide bonds. The van der Waals surface area contributed by atoms with Crippen LogP contribution in [0.5, 0.6) is 0 Å². The second-order valence-corrected chi connectivity index (χ2v) is 18.5. The Morgan fingerprint density at radius 3 is 1.40 bits per heavy atom. The monoisotopic (exact) mass is 809 g/mol. The zero-order valence-corrected chi connectivity index (χ0v) is 35.7. The zero-order chi connectivity index (χ0) is 42.2. The summed E-state index contributed by atoms with van der Waals surface area (Å²) in [7, 11) is 0. The summed E-state index contributed by atoms with van der Waals surface area (Å²) in [5.74, 6) is 0. The minimum atomic E-state index is -0.193. The number of hydrogen-bond donors (Lipinski definition) is 0. The van der Waals surface area contributed by atoms with Crippen LogP contribution in [0.4, 0.5) is 17.1 Å². The van der Waals surface area contributed by atoms with Crippen molar-refractivity contribution in [1.29, 1.82) is 0 Å². The Labute approximate surface area is 366 Å². The molecule has 2 aliphatic rings. The van der Waals surface area contributed by atoms with Gasteiger partial charge in [0.1, 0.15) is 22.3 Å². The lowest BCUT2D eigenvalue weighted by Crippen LogP contribution is -2.17. The van der Waals surface area contributed by atoms with E-state index in [1.165, 1.54) is 50.2 Å². The first-order valence-corrected chi connectivity index (χ1v) is 22.0. The minimum Gasteiger partial charge on any atom is -0.456 e. The molecule has 0 radical (unpaired) electrons. The van der Waals surface area contributed by atoms with Crippen molar-refractivity contribution in [3.05, 3.63) is 210 Å². The molecule has 0 aliphatic heterocycles. The molecule has 0 saturated heterocycles. The van der Waals surface area contributed by atoms with Crippen molar-refractivity contribution < 1.29 is 8.83 Å². The smallest absolute Gasteiger partial charge is 0.136 e. The average Bonchev–Trinajstić information content (AvgIpc) is 4.01. The van der Waals surface area contributed by atoms with Gasteiger partial charge in [-0.05, 0) is 140 Å². The van der Waals surface area contributed by atoms with Gasteiger partial charge in [-0.25, -0.2) is 0 Å². The highest BCUT2D eigenvalue weighted by molar-refractivity contribution is 6.07. The van der Waals surface area contributed by atoms with Crippen LogP contribution in [0.1, 0.15) is 49.9 Å². The maximum Gasteiger partial charge on any atom is 0.136 e. The van der Waals surface area contributed by atoms with E-state index in [0.29, 0.717) is 0 Å². The molecule has 63 heavy (non-hydrogen) atoms. The van der Waals surface area contributed by atoms with Crippen LogP contribution >= 0.6 is 0 Å². The van der Waals surface area contributed by atoms with Gasteiger partial charge < -0.3 is 13.7 Å². The first kappa shape index (κ1) is 36.1. The van der Waals surface area contributed by atoms with E-state index in [1.807, 2.05) is 24.3 Å². The van der Waals surface area contributed by atoms with Gasteiger partial charge in [0.2, 0.25) is 0 Å². The van der Waals surface area contributed by atoms with E-state index in [9.17, 15) is 0 Å². The largest absolute Gasteiger partial charge is 0.456 e. The predicted octanol–water partition coefficient (Wildman–Crippen LogP) is 16.9. The molecular weight excluding hydrogens is 767 g/mol. The first-order valence-electron chi connectivity index (χ1n) is 22.0. The fourth-order valence-corrected chi connectivity index (χ4v) is 11.0. The summed E-state index contributed by atoms with van der Waals surface area (Å²) in [6.45, 7) is 9.55. The van der Waals surface area contributed by atoms with Crippen molar-refractivity contribution in [2.45, 2.75) is 38.5 Å². The lowest BCUT2D eigenvalue weighted by Gasteiger charge is -2.29. The lowest BCUT2D eigenvalue weighted by atomic mass is 9.79. The average molecular weight is 810 g/mol. The standard InChI is InChI=1S/C60H43NO2/c1-59(2)49-15-8-5-12-42(49)47-34-52-48(35-51(47)59)58-50(60(52,3)4)16-11-17-53(58)61(40-26-20-36(21-27-40)38-24-30-45-43-13-6-9-18-54(43)62-56(45)32-38)41-28-22-37(23-29-41)39-25-31-46-44-14-7-10-19-55(44)63-57(46)33-39/h5-35H,1-4H3. The number of benzene rings is 9. The summed E-state index contributed by atoms with van der Waals surface area (Å²) < 4.78 is 12.6. The maximum absolute atomic E-state index is 6.30. The number of nitrogens with zero attached hydrogens (tertiary/aromatic N) is 1. The quantitative estimate of drug-likeness (QED) is 0.173. The summed E-state index contributed by atoms with van der Waals surface area (Å²) in [6, 6.07) is 68.6. The molecule has 2 heterocycles. The van der Waals surface area contributed by atoms with Crippen LogP contribution in [0.15, 0.2) is 197 Å². The first-order chi connectivity index (χ1) is 30.7. The number of furan rings is 2. The molecule has 3 heteroatoms. The third-order valence-corrected chi connectivity index (χ3v) is 14.3. The molecule has 0 N–H and O–H groups in total. The Balaban J connectivity index is 0.959. The van der Waals surface area contributed by atoms with E-state index in [2.05, 4.69) is 196 Å². The second-order valence-electron chi connectivity index (χ2n) is 18.5. The van der Waals surface area contributed by atoms with Gasteiger partial charge in [0.25, 0.3) is 0 Å². The van der Waals surface area contributed by atoms with Crippen molar-refractivity contribution >= 4 is 60.9 Å². The molecule has 300 valence electrons. The van der Waals surface area contributed by atoms with Crippen LogP contribution in [0, 0.1) is 0 Å². The Hall–Kier alpha value is -7.62. The van der Waals surface area contributed by atoms with Gasteiger partial charge in [0, 0.05) is 49.3 Å². The van der Waals surface area contributed by atoms with Crippen LogP contribution in [0.25, 0.3) is 88.4 Å². The third-order valence-electron chi connectivity index (χ3n) is 14.3. The molecule has 11 aromatic rings. The van der Waals surface area contributed by atoms with E-state index in [1.54, 1.807) is 0 Å². The number of hydrogen-bond acceptors (Lipinski definition) is 3. The van der Waals surface area contributed by atoms with Crippen molar-refractivity contribution in [2.24, 2.45) is 0 Å². The normalized spacial score (nSPS) is 14.3. The second kappa shape index (κ2) is 13.0. The SMILES string of the molecule is CC1(C)c2ccccc2-c2cc3c(cc21)-c1c(N(c2ccc(-c4ccc5c(c4)oc4ccccc45)cc2)c2ccc(-c4ccc5c(c4)oc4ccccc45)cc2)cccc1C3(C)C. The summed E-state index contributed by atoms with van der Waals surface area (Å²) in [4.78, 5) is 2.45. The predicted molar refractivity (Wildman–Crippen MR) is 262 cm³/mol. The molecule has 0 spiro atoms. The highest BCUT2D eigenvalue weighted by Crippen LogP contribution is 2.59. The molecule has 0 saturated carbocycles. The topological polar surface area (TPSA) is 29.5 Å². The fourth-order valence-electron chi connectivity index (χ4n) is 11.0. The van der Waals surface area contributed by atoms with Crippen LogP contribution in [0.3, 0.4) is 0 Å². The van der Waals surface area contributed by atoms with Gasteiger partial charge in [-0.3, -0.25) is 0 Å². The van der Waals surface area contributed by atoms with Gasteiger partial charge >= 0.3 is 0 Å². The van der Waals surface area contributed by atoms with Gasteiger partial charge in [0.05, 0.1) is 5.69 Å². The van der Waals surface area contributed by atoms with Crippen molar-refractivity contribution in [1.82, 2.24) is 0 Å². The van der Waals surface area contributed by atoms with E-state index in [4.69, 9.17) is 8.83 Å². The van der Waals surface area contributed by atoms with Gasteiger partial charge in [-0.15, -0.1) is 0 Å². The number of rotatable bonds is 5. The Morgan fingerprint density at radius 1 is 0.333 bits per heavy atom. The molecule has 0 bridgehead atoms. The minimum absolute atomic E-state index is 0.106. The molecule has 3 nitrogen and oxygen atoms in total. The van der Waals surface area contributed by atoms with E-state index >= 15 is 0 Å². The highest BCUT2D eigenvalue weighted by atomic mass is 16.3. The van der Waals surface area contributed by atoms with Gasteiger partial charge in [0.15, 0.2) is 0 Å². The molecule has 13 rings (SSSR count). The third kappa shape index (κ3) is 5.20. The molecule has 2 aliphatic carbocycles. The molecule has 9 aromatic carbocycles. The van der Waals surface area contributed by atoms with E-state index in [-0.39, 0.29) is 10.8 Å². The van der Waals surface area contributed by atoms with Crippen molar-refractivity contribution in [3.63, 3.8) is 0 Å². The molecular formula is C60H43NO2. The Kier molecular flexibility index (Phi) is 7.42. The van der Waals surface area contributed by atoms with E-state index in [0.717, 1.165) is 77.5 Å². The van der Waals surface area contributed by atoms with Crippen LogP contribution < -0.4 is 4.90 Å².